The van der Waals surface area contributed by atoms with Gasteiger partial charge in [0.2, 0.25) is 0 Å². The maximum Gasteiger partial charge on any atom is 0.409 e. The Labute approximate surface area is 111 Å². The minimum atomic E-state index is -0.323. The van der Waals surface area contributed by atoms with Crippen LogP contribution in [0.15, 0.2) is 24.3 Å². The standard InChI is InChI=1S/C13H16N2O4/c1-18-11-4-2-3-10(9-11)12(16)14-5-6-15-7-8-19-13(15)17/h2-4,9H,5-8H2,1H3,(H,14,16). The van der Waals surface area contributed by atoms with Gasteiger partial charge in [-0.1, -0.05) is 6.07 Å². The molecule has 1 heterocycles. The molecule has 2 amide bonds. The monoisotopic (exact) mass is 264 g/mol. The molecule has 6 heteroatoms. The van der Waals surface area contributed by atoms with Gasteiger partial charge in [-0.15, -0.1) is 0 Å². The fraction of sp³-hybridized carbons (Fsp3) is 0.385. The number of rotatable bonds is 5. The first-order valence-electron chi connectivity index (χ1n) is 6.04. The van der Waals surface area contributed by atoms with Gasteiger partial charge in [0.05, 0.1) is 13.7 Å². The first-order valence-corrected chi connectivity index (χ1v) is 6.04. The van der Waals surface area contributed by atoms with Crippen molar-refractivity contribution >= 4 is 12.0 Å². The van der Waals surface area contributed by atoms with Crippen molar-refractivity contribution in [2.24, 2.45) is 0 Å². The van der Waals surface area contributed by atoms with Crippen molar-refractivity contribution in [1.82, 2.24) is 10.2 Å². The van der Waals surface area contributed by atoms with Gasteiger partial charge in [0.25, 0.3) is 5.91 Å². The molecule has 1 aliphatic rings. The fourth-order valence-corrected chi connectivity index (χ4v) is 1.80. The van der Waals surface area contributed by atoms with Crippen LogP contribution in [0, 0.1) is 0 Å². The van der Waals surface area contributed by atoms with Crippen LogP contribution in [0.1, 0.15) is 10.4 Å². The van der Waals surface area contributed by atoms with Gasteiger partial charge in [-0.05, 0) is 18.2 Å². The normalized spacial score (nSPS) is 14.2. The van der Waals surface area contributed by atoms with Gasteiger partial charge >= 0.3 is 6.09 Å². The molecule has 0 radical (unpaired) electrons. The molecular formula is C13H16N2O4. The number of carbonyl (C=O) groups is 2. The lowest BCUT2D eigenvalue weighted by molar-refractivity contribution is 0.0948. The maximum atomic E-state index is 11.9. The summed E-state index contributed by atoms with van der Waals surface area (Å²) in [6, 6.07) is 6.91. The van der Waals surface area contributed by atoms with Crippen molar-refractivity contribution in [2.45, 2.75) is 0 Å². The van der Waals surface area contributed by atoms with Gasteiger partial charge in [0.1, 0.15) is 12.4 Å². The van der Waals surface area contributed by atoms with Crippen molar-refractivity contribution in [3.8, 4) is 5.75 Å². The lowest BCUT2D eigenvalue weighted by atomic mass is 10.2. The first kappa shape index (κ1) is 13.2. The van der Waals surface area contributed by atoms with E-state index in [0.29, 0.717) is 37.6 Å². The molecule has 1 fully saturated rings. The minimum absolute atomic E-state index is 0.188. The van der Waals surface area contributed by atoms with E-state index in [1.807, 2.05) is 0 Å². The maximum absolute atomic E-state index is 11.9. The summed E-state index contributed by atoms with van der Waals surface area (Å²) in [4.78, 5) is 24.6. The molecule has 1 aliphatic heterocycles. The summed E-state index contributed by atoms with van der Waals surface area (Å²) in [6.07, 6.45) is -0.323. The Kier molecular flexibility index (Phi) is 4.22. The Hall–Kier alpha value is -2.24. The van der Waals surface area contributed by atoms with E-state index in [2.05, 4.69) is 5.32 Å². The Bertz CT molecular complexity index is 475. The zero-order chi connectivity index (χ0) is 13.7. The van der Waals surface area contributed by atoms with Crippen LogP contribution in [-0.2, 0) is 4.74 Å². The Morgan fingerprint density at radius 2 is 2.37 bits per heavy atom. The molecule has 0 unspecified atom stereocenters. The second-order valence-electron chi connectivity index (χ2n) is 4.09. The van der Waals surface area contributed by atoms with Crippen molar-refractivity contribution in [2.75, 3.05) is 33.4 Å². The highest BCUT2D eigenvalue weighted by Gasteiger charge is 2.21. The zero-order valence-electron chi connectivity index (χ0n) is 10.7. The molecule has 0 atom stereocenters. The minimum Gasteiger partial charge on any atom is -0.497 e. The highest BCUT2D eigenvalue weighted by atomic mass is 16.6. The second kappa shape index (κ2) is 6.08. The summed E-state index contributed by atoms with van der Waals surface area (Å²) in [7, 11) is 1.55. The molecule has 1 saturated heterocycles. The summed E-state index contributed by atoms with van der Waals surface area (Å²) < 4.78 is 9.85. The Morgan fingerprint density at radius 1 is 1.53 bits per heavy atom. The molecule has 6 nitrogen and oxygen atoms in total. The molecule has 0 aliphatic carbocycles. The van der Waals surface area contributed by atoms with Crippen LogP contribution in [0.25, 0.3) is 0 Å². The van der Waals surface area contributed by atoms with E-state index < -0.39 is 0 Å². The SMILES string of the molecule is COc1cccc(C(=O)NCCN2CCOC2=O)c1. The number of hydrogen-bond acceptors (Lipinski definition) is 4. The van der Waals surface area contributed by atoms with Crippen molar-refractivity contribution in [3.63, 3.8) is 0 Å². The number of hydrogen-bond donors (Lipinski definition) is 1. The zero-order valence-corrected chi connectivity index (χ0v) is 10.7. The predicted molar refractivity (Wildman–Crippen MR) is 68.2 cm³/mol. The molecule has 1 aromatic carbocycles. The first-order chi connectivity index (χ1) is 9.20. The third kappa shape index (κ3) is 3.37. The topological polar surface area (TPSA) is 67.9 Å². The average molecular weight is 264 g/mol. The number of benzene rings is 1. The van der Waals surface area contributed by atoms with E-state index in [-0.39, 0.29) is 12.0 Å². The van der Waals surface area contributed by atoms with Gasteiger partial charge in [-0.25, -0.2) is 4.79 Å². The molecule has 0 aromatic heterocycles. The van der Waals surface area contributed by atoms with E-state index in [9.17, 15) is 9.59 Å². The molecule has 102 valence electrons. The summed E-state index contributed by atoms with van der Waals surface area (Å²) in [5.41, 5.74) is 0.531. The number of nitrogens with zero attached hydrogens (tertiary/aromatic N) is 1. The molecular weight excluding hydrogens is 248 g/mol. The molecule has 1 N–H and O–H groups in total. The number of methoxy groups -OCH3 is 1. The average Bonchev–Trinajstić information content (AvgIpc) is 2.84. The largest absolute Gasteiger partial charge is 0.497 e. The highest BCUT2D eigenvalue weighted by molar-refractivity contribution is 5.94. The molecule has 2 rings (SSSR count). The van der Waals surface area contributed by atoms with E-state index in [0.717, 1.165) is 0 Å². The second-order valence-corrected chi connectivity index (χ2v) is 4.09. The van der Waals surface area contributed by atoms with Gasteiger partial charge in [-0.2, -0.15) is 0 Å². The van der Waals surface area contributed by atoms with Gasteiger partial charge in [-0.3, -0.25) is 4.79 Å². The lowest BCUT2D eigenvalue weighted by Crippen LogP contribution is -2.35. The van der Waals surface area contributed by atoms with Crippen molar-refractivity contribution in [1.29, 1.82) is 0 Å². The number of amides is 2. The van der Waals surface area contributed by atoms with Gasteiger partial charge in [0, 0.05) is 18.7 Å². The molecule has 0 saturated carbocycles. The summed E-state index contributed by atoms with van der Waals surface area (Å²) in [5.74, 6) is 0.447. The molecule has 0 spiro atoms. The highest BCUT2D eigenvalue weighted by Crippen LogP contribution is 2.12. The van der Waals surface area contributed by atoms with Crippen LogP contribution >= 0.6 is 0 Å². The van der Waals surface area contributed by atoms with Gasteiger partial charge in [0.15, 0.2) is 0 Å². The fourth-order valence-electron chi connectivity index (χ4n) is 1.80. The van der Waals surface area contributed by atoms with Crippen LogP contribution in [0.2, 0.25) is 0 Å². The predicted octanol–water partition coefficient (Wildman–Crippen LogP) is 0.877. The van der Waals surface area contributed by atoms with E-state index in [4.69, 9.17) is 9.47 Å². The van der Waals surface area contributed by atoms with Crippen LogP contribution in [0.4, 0.5) is 4.79 Å². The summed E-state index contributed by atoms with van der Waals surface area (Å²) in [6.45, 7) is 1.84. The summed E-state index contributed by atoms with van der Waals surface area (Å²) >= 11 is 0. The van der Waals surface area contributed by atoms with Crippen LogP contribution in [0.3, 0.4) is 0 Å². The number of nitrogens with one attached hydrogen (secondary N) is 1. The molecule has 1 aromatic rings. The van der Waals surface area contributed by atoms with Crippen LogP contribution in [-0.4, -0.2) is 50.3 Å². The summed E-state index contributed by atoms with van der Waals surface area (Å²) in [5, 5.41) is 2.75. The van der Waals surface area contributed by atoms with E-state index in [1.165, 1.54) is 0 Å². The Balaban J connectivity index is 1.82. The van der Waals surface area contributed by atoms with Gasteiger partial charge < -0.3 is 19.7 Å². The Morgan fingerprint density at radius 3 is 3.05 bits per heavy atom. The van der Waals surface area contributed by atoms with E-state index >= 15 is 0 Å². The van der Waals surface area contributed by atoms with Crippen LogP contribution in [0.5, 0.6) is 5.75 Å². The number of ether oxygens (including phenoxy) is 2. The number of carbonyl (C=O) groups excluding carboxylic acids is 2. The molecule has 19 heavy (non-hydrogen) atoms. The number of cyclic esters (lactones) is 1. The quantitative estimate of drug-likeness (QED) is 0.857. The van der Waals surface area contributed by atoms with Crippen molar-refractivity contribution < 1.29 is 19.1 Å². The van der Waals surface area contributed by atoms with Crippen LogP contribution < -0.4 is 10.1 Å². The lowest BCUT2D eigenvalue weighted by Gasteiger charge is -2.13. The third-order valence-electron chi connectivity index (χ3n) is 2.84. The van der Waals surface area contributed by atoms with Crippen molar-refractivity contribution in [3.05, 3.63) is 29.8 Å². The third-order valence-corrected chi connectivity index (χ3v) is 2.84. The molecule has 0 bridgehead atoms. The smallest absolute Gasteiger partial charge is 0.409 e. The van der Waals surface area contributed by atoms with E-state index in [1.54, 1.807) is 36.3 Å².